The number of hydrogen-bond donors (Lipinski definition) is 1. The van der Waals surface area contributed by atoms with Crippen molar-refractivity contribution in [2.75, 3.05) is 20.8 Å². The lowest BCUT2D eigenvalue weighted by Crippen LogP contribution is -2.36. The van der Waals surface area contributed by atoms with E-state index in [2.05, 4.69) is 5.32 Å². The van der Waals surface area contributed by atoms with Crippen molar-refractivity contribution >= 4 is 11.8 Å². The Morgan fingerprint density at radius 3 is 2.44 bits per heavy atom. The zero-order valence-corrected chi connectivity index (χ0v) is 23.2. The van der Waals surface area contributed by atoms with Crippen molar-refractivity contribution in [2.24, 2.45) is 0 Å². The molecule has 39 heavy (non-hydrogen) atoms. The molecule has 0 saturated heterocycles. The molecule has 2 aromatic rings. The summed E-state index contributed by atoms with van der Waals surface area (Å²) in [6, 6.07) is 13.5. The molecule has 2 atom stereocenters. The molecule has 0 bridgehead atoms. The molecule has 0 aromatic heterocycles. The van der Waals surface area contributed by atoms with Crippen LogP contribution in [0.1, 0.15) is 75.3 Å². The monoisotopic (exact) mass is 531 g/mol. The Morgan fingerprint density at radius 1 is 0.974 bits per heavy atom. The summed E-state index contributed by atoms with van der Waals surface area (Å²) in [7, 11) is 3.22. The van der Waals surface area contributed by atoms with Gasteiger partial charge in [-0.2, -0.15) is 0 Å². The second-order valence-corrected chi connectivity index (χ2v) is 10.4. The fourth-order valence-electron chi connectivity index (χ4n) is 6.19. The van der Waals surface area contributed by atoms with E-state index < -0.39 is 5.92 Å². The predicted octanol–water partition coefficient (Wildman–Crippen LogP) is 5.95. The van der Waals surface area contributed by atoms with Gasteiger partial charge >= 0.3 is 5.97 Å². The number of ether oxygens (including phenoxy) is 4. The summed E-state index contributed by atoms with van der Waals surface area (Å²) in [5.74, 6) is 1.02. The molecule has 0 radical (unpaired) electrons. The second-order valence-electron chi connectivity index (χ2n) is 10.4. The Balaban J connectivity index is 1.56. The lowest BCUT2D eigenvalue weighted by molar-refractivity contribution is -0.144. The van der Waals surface area contributed by atoms with Gasteiger partial charge < -0.3 is 24.3 Å². The Morgan fingerprint density at radius 2 is 1.72 bits per heavy atom. The van der Waals surface area contributed by atoms with Gasteiger partial charge in [0.1, 0.15) is 11.9 Å². The van der Waals surface area contributed by atoms with E-state index in [1.54, 1.807) is 14.2 Å². The van der Waals surface area contributed by atoms with Gasteiger partial charge in [0, 0.05) is 29.0 Å². The van der Waals surface area contributed by atoms with E-state index in [4.69, 9.17) is 18.9 Å². The van der Waals surface area contributed by atoms with Gasteiger partial charge in [-0.1, -0.05) is 24.3 Å². The van der Waals surface area contributed by atoms with Crippen LogP contribution in [-0.4, -0.2) is 38.7 Å². The summed E-state index contributed by atoms with van der Waals surface area (Å²) < 4.78 is 22.9. The molecule has 2 aromatic carbocycles. The maximum absolute atomic E-state index is 14.0. The fraction of sp³-hybridized carbons (Fsp3) is 0.438. The van der Waals surface area contributed by atoms with Crippen LogP contribution in [-0.2, 0) is 14.3 Å². The molecule has 206 valence electrons. The Hall–Kier alpha value is -3.74. The molecule has 0 unspecified atom stereocenters. The second kappa shape index (κ2) is 11.6. The number of Topliss-reactive ketones (excluding diaryl/α,β-unsaturated/α-hetero) is 1. The van der Waals surface area contributed by atoms with E-state index in [-0.39, 0.29) is 23.8 Å². The molecule has 1 saturated carbocycles. The summed E-state index contributed by atoms with van der Waals surface area (Å²) in [5.41, 5.74) is 4.50. The lowest BCUT2D eigenvalue weighted by atomic mass is 9.71. The molecule has 1 N–H and O–H groups in total. The molecule has 1 fully saturated rings. The number of ketones is 1. The Kier molecular flexibility index (Phi) is 7.96. The molecule has 3 aliphatic rings. The number of hydrogen-bond acceptors (Lipinski definition) is 7. The first-order chi connectivity index (χ1) is 18.9. The topological polar surface area (TPSA) is 83.1 Å². The molecule has 0 amide bonds. The normalized spacial score (nSPS) is 21.4. The number of rotatable bonds is 8. The van der Waals surface area contributed by atoms with Crippen molar-refractivity contribution in [3.63, 3.8) is 0 Å². The van der Waals surface area contributed by atoms with E-state index >= 15 is 0 Å². The molecule has 7 nitrogen and oxygen atoms in total. The third kappa shape index (κ3) is 5.27. The molecule has 1 heterocycles. The summed E-state index contributed by atoms with van der Waals surface area (Å²) >= 11 is 0. The third-order valence-electron chi connectivity index (χ3n) is 8.03. The Bertz CT molecular complexity index is 1320. The van der Waals surface area contributed by atoms with E-state index in [0.29, 0.717) is 53.5 Å². The summed E-state index contributed by atoms with van der Waals surface area (Å²) in [6.07, 6.45) is 4.77. The maximum atomic E-state index is 14.0. The maximum Gasteiger partial charge on any atom is 0.337 e. The number of esters is 1. The zero-order chi connectivity index (χ0) is 27.5. The fourth-order valence-corrected chi connectivity index (χ4v) is 6.19. The first kappa shape index (κ1) is 26.9. The number of allylic oxidation sites excluding steroid dienone is 3. The van der Waals surface area contributed by atoms with Gasteiger partial charge in [-0.05, 0) is 75.6 Å². The number of nitrogens with one attached hydrogen (secondary N) is 1. The molecule has 0 spiro atoms. The largest absolute Gasteiger partial charge is 0.494 e. The van der Waals surface area contributed by atoms with Crippen molar-refractivity contribution < 1.29 is 28.5 Å². The van der Waals surface area contributed by atoms with Crippen LogP contribution in [0.5, 0.6) is 17.2 Å². The SMILES string of the molecule is CCOc1ccccc1[C@H]1C(C(=O)OC2CCCC2)=C(C)NC2=C1C(=O)C[C@H](c1ccc(OC)c(OC)c1)C2. The first-order valence-electron chi connectivity index (χ1n) is 13.8. The van der Waals surface area contributed by atoms with Gasteiger partial charge in [0.25, 0.3) is 0 Å². The third-order valence-corrected chi connectivity index (χ3v) is 8.03. The number of para-hydroxylation sites is 1. The highest BCUT2D eigenvalue weighted by Crippen LogP contribution is 2.48. The Labute approximate surface area is 230 Å². The number of methoxy groups -OCH3 is 2. The van der Waals surface area contributed by atoms with Crippen molar-refractivity contribution in [3.8, 4) is 17.2 Å². The van der Waals surface area contributed by atoms with Crippen LogP contribution in [0.2, 0.25) is 0 Å². The van der Waals surface area contributed by atoms with E-state index in [1.807, 2.05) is 56.3 Å². The van der Waals surface area contributed by atoms with Crippen LogP contribution in [0.3, 0.4) is 0 Å². The smallest absolute Gasteiger partial charge is 0.337 e. The average Bonchev–Trinajstić information content (AvgIpc) is 3.45. The van der Waals surface area contributed by atoms with E-state index in [9.17, 15) is 9.59 Å². The quantitative estimate of drug-likeness (QED) is 0.422. The van der Waals surface area contributed by atoms with Crippen LogP contribution in [0, 0.1) is 0 Å². The number of dihydropyridines is 1. The van der Waals surface area contributed by atoms with Gasteiger partial charge in [-0.15, -0.1) is 0 Å². The lowest BCUT2D eigenvalue weighted by Gasteiger charge is -2.37. The molecule has 2 aliphatic carbocycles. The molecule has 1 aliphatic heterocycles. The van der Waals surface area contributed by atoms with Crippen LogP contribution in [0.15, 0.2) is 65.0 Å². The van der Waals surface area contributed by atoms with Crippen LogP contribution in [0.4, 0.5) is 0 Å². The van der Waals surface area contributed by atoms with Crippen molar-refractivity contribution in [2.45, 2.75) is 70.3 Å². The van der Waals surface area contributed by atoms with Crippen molar-refractivity contribution in [1.29, 1.82) is 0 Å². The summed E-state index contributed by atoms with van der Waals surface area (Å²) in [5, 5.41) is 3.45. The average molecular weight is 532 g/mol. The molecule has 5 rings (SSSR count). The van der Waals surface area contributed by atoms with Crippen molar-refractivity contribution in [1.82, 2.24) is 5.32 Å². The van der Waals surface area contributed by atoms with Gasteiger partial charge in [0.2, 0.25) is 0 Å². The summed E-state index contributed by atoms with van der Waals surface area (Å²) in [6.45, 7) is 4.31. The number of carbonyl (C=O) groups excluding carboxylic acids is 2. The van der Waals surface area contributed by atoms with E-state index in [1.165, 1.54) is 0 Å². The minimum absolute atomic E-state index is 0.0125. The van der Waals surface area contributed by atoms with Crippen molar-refractivity contribution in [3.05, 3.63) is 76.1 Å². The zero-order valence-electron chi connectivity index (χ0n) is 23.2. The summed E-state index contributed by atoms with van der Waals surface area (Å²) in [4.78, 5) is 27.7. The van der Waals surface area contributed by atoms with Gasteiger partial charge in [-0.25, -0.2) is 4.79 Å². The van der Waals surface area contributed by atoms with Crippen LogP contribution < -0.4 is 19.5 Å². The van der Waals surface area contributed by atoms with Crippen LogP contribution >= 0.6 is 0 Å². The predicted molar refractivity (Wildman–Crippen MR) is 148 cm³/mol. The standard InChI is InChI=1S/C32H37NO6/c1-5-38-26-13-9-8-12-23(26)30-29(32(35)39-22-10-6-7-11-22)19(2)33-24-16-21(17-25(34)31(24)30)20-14-15-27(36-3)28(18-20)37-4/h8-9,12-15,18,21-22,30,33H,5-7,10-11,16-17H2,1-4H3/t21-,30+/m1/s1. The minimum atomic E-state index is -0.559. The van der Waals surface area contributed by atoms with Crippen LogP contribution in [0.25, 0.3) is 0 Å². The number of carbonyl (C=O) groups is 2. The van der Waals surface area contributed by atoms with Gasteiger partial charge in [-0.3, -0.25) is 4.79 Å². The highest BCUT2D eigenvalue weighted by Gasteiger charge is 2.43. The highest BCUT2D eigenvalue weighted by molar-refractivity contribution is 6.04. The molecule has 7 heteroatoms. The molecular weight excluding hydrogens is 494 g/mol. The number of benzene rings is 2. The van der Waals surface area contributed by atoms with E-state index in [0.717, 1.165) is 42.5 Å². The highest BCUT2D eigenvalue weighted by atomic mass is 16.5. The minimum Gasteiger partial charge on any atom is -0.494 e. The first-order valence-corrected chi connectivity index (χ1v) is 13.8. The van der Waals surface area contributed by atoms with Gasteiger partial charge in [0.15, 0.2) is 17.3 Å². The van der Waals surface area contributed by atoms with Gasteiger partial charge in [0.05, 0.1) is 32.3 Å². The molecular formula is C32H37NO6.